The molecule has 2 aromatic heterocycles. The molecule has 0 aliphatic rings. The summed E-state index contributed by atoms with van der Waals surface area (Å²) in [6.07, 6.45) is 0.191. The Kier molecular flexibility index (Phi) is 5.48. The van der Waals surface area contributed by atoms with Gasteiger partial charge in [0.05, 0.1) is 18.0 Å². The molecule has 0 spiro atoms. The second-order valence-electron chi connectivity index (χ2n) is 6.73. The number of anilines is 1. The van der Waals surface area contributed by atoms with Crippen molar-refractivity contribution in [1.82, 2.24) is 15.4 Å². The van der Waals surface area contributed by atoms with E-state index in [0.29, 0.717) is 10.9 Å². The van der Waals surface area contributed by atoms with E-state index in [-0.39, 0.29) is 18.2 Å². The van der Waals surface area contributed by atoms with Crippen molar-refractivity contribution in [2.24, 2.45) is 0 Å². The minimum atomic E-state index is -0.168. The molecule has 0 radical (unpaired) electrons. The molecule has 7 heteroatoms. The Bertz CT molecular complexity index is 1050. The number of carbonyl (C=O) groups excluding carboxylic acids is 1. The fourth-order valence-electron chi connectivity index (χ4n) is 3.25. The number of amides is 1. The van der Waals surface area contributed by atoms with Crippen LogP contribution in [0.4, 0.5) is 5.13 Å². The Morgan fingerprint density at radius 2 is 1.62 bits per heavy atom. The number of hydrogen-bond donors (Lipinski definition) is 1. The number of aromatic nitrogens is 3. The maximum absolute atomic E-state index is 12.5. The van der Waals surface area contributed by atoms with Crippen LogP contribution < -0.4 is 5.32 Å². The van der Waals surface area contributed by atoms with Gasteiger partial charge in [-0.3, -0.25) is 4.79 Å². The summed E-state index contributed by atoms with van der Waals surface area (Å²) in [7, 11) is 0. The van der Waals surface area contributed by atoms with Crippen molar-refractivity contribution in [1.29, 1.82) is 0 Å². The van der Waals surface area contributed by atoms with Crippen LogP contribution in [0.25, 0.3) is 0 Å². The SMILES string of the molecule is Cc1noc(C)c1CC(=O)Nc1nnc(C(c2ccccc2)c2ccccc2)s1. The molecule has 1 N–H and O–H groups in total. The second-order valence-corrected chi connectivity index (χ2v) is 7.74. The van der Waals surface area contributed by atoms with Crippen LogP contribution in [0, 0.1) is 13.8 Å². The van der Waals surface area contributed by atoms with E-state index in [1.165, 1.54) is 11.3 Å². The first-order chi connectivity index (χ1) is 14.1. The van der Waals surface area contributed by atoms with Crippen molar-refractivity contribution in [3.63, 3.8) is 0 Å². The average molecular weight is 404 g/mol. The number of nitrogens with zero attached hydrogens (tertiary/aromatic N) is 3. The number of nitrogens with one attached hydrogen (secondary N) is 1. The first-order valence-corrected chi connectivity index (χ1v) is 10.1. The molecule has 29 heavy (non-hydrogen) atoms. The summed E-state index contributed by atoms with van der Waals surface area (Å²) in [5.74, 6) is 0.449. The van der Waals surface area contributed by atoms with Crippen LogP contribution in [0.15, 0.2) is 65.2 Å². The van der Waals surface area contributed by atoms with Crippen LogP contribution in [0.2, 0.25) is 0 Å². The van der Waals surface area contributed by atoms with E-state index < -0.39 is 0 Å². The van der Waals surface area contributed by atoms with Gasteiger partial charge in [0.15, 0.2) is 0 Å². The molecule has 0 aliphatic carbocycles. The van der Waals surface area contributed by atoms with Crippen LogP contribution in [-0.4, -0.2) is 21.3 Å². The maximum Gasteiger partial charge on any atom is 0.230 e. The van der Waals surface area contributed by atoms with Crippen molar-refractivity contribution in [3.8, 4) is 0 Å². The molecule has 1 amide bonds. The largest absolute Gasteiger partial charge is 0.361 e. The van der Waals surface area contributed by atoms with Crippen molar-refractivity contribution in [3.05, 3.63) is 93.8 Å². The number of rotatable bonds is 6. The standard InChI is InChI=1S/C22H20N4O2S/c1-14-18(15(2)28-26-14)13-19(27)23-22-25-24-21(29-22)20(16-9-5-3-6-10-16)17-11-7-4-8-12-17/h3-12,20H,13H2,1-2H3,(H,23,25,27). The highest BCUT2D eigenvalue weighted by molar-refractivity contribution is 7.15. The molecule has 4 aromatic rings. The zero-order valence-corrected chi connectivity index (χ0v) is 16.9. The number of aryl methyl sites for hydroxylation is 2. The minimum absolute atomic E-state index is 0.0388. The molecule has 0 saturated carbocycles. The molecule has 6 nitrogen and oxygen atoms in total. The Morgan fingerprint density at radius 1 is 1.00 bits per heavy atom. The maximum atomic E-state index is 12.5. The molecule has 2 heterocycles. The molecule has 146 valence electrons. The second kappa shape index (κ2) is 8.36. The summed E-state index contributed by atoms with van der Waals surface area (Å²) in [4.78, 5) is 12.5. The molecule has 0 bridgehead atoms. The highest BCUT2D eigenvalue weighted by Gasteiger charge is 2.22. The van der Waals surface area contributed by atoms with Gasteiger partial charge >= 0.3 is 0 Å². The Balaban J connectivity index is 1.57. The molecule has 0 atom stereocenters. The zero-order valence-electron chi connectivity index (χ0n) is 16.1. The van der Waals surface area contributed by atoms with Gasteiger partial charge in [-0.05, 0) is 25.0 Å². The van der Waals surface area contributed by atoms with Gasteiger partial charge in [-0.1, -0.05) is 77.2 Å². The summed E-state index contributed by atoms with van der Waals surface area (Å²) in [6.45, 7) is 3.63. The third kappa shape index (κ3) is 4.25. The summed E-state index contributed by atoms with van der Waals surface area (Å²) in [5.41, 5.74) is 3.79. The Morgan fingerprint density at radius 3 is 2.17 bits per heavy atom. The molecule has 2 aromatic carbocycles. The predicted molar refractivity (Wildman–Crippen MR) is 112 cm³/mol. The topological polar surface area (TPSA) is 80.9 Å². The first-order valence-electron chi connectivity index (χ1n) is 9.26. The minimum Gasteiger partial charge on any atom is -0.361 e. The molecule has 0 saturated heterocycles. The average Bonchev–Trinajstić information content (AvgIpc) is 3.31. The summed E-state index contributed by atoms with van der Waals surface area (Å²) < 4.78 is 5.12. The Hall–Kier alpha value is -3.32. The fraction of sp³-hybridized carbons (Fsp3) is 0.182. The van der Waals surface area contributed by atoms with E-state index in [0.717, 1.165) is 27.4 Å². The van der Waals surface area contributed by atoms with Gasteiger partial charge in [0.2, 0.25) is 11.0 Å². The van der Waals surface area contributed by atoms with Crippen molar-refractivity contribution < 1.29 is 9.32 Å². The number of carbonyl (C=O) groups is 1. The highest BCUT2D eigenvalue weighted by Crippen LogP contribution is 2.34. The molecule has 0 fully saturated rings. The van der Waals surface area contributed by atoms with Crippen LogP contribution in [0.1, 0.15) is 39.1 Å². The van der Waals surface area contributed by atoms with E-state index in [9.17, 15) is 4.79 Å². The van der Waals surface area contributed by atoms with Gasteiger partial charge in [-0.25, -0.2) is 0 Å². The quantitative estimate of drug-likeness (QED) is 0.512. The normalized spacial score (nSPS) is 11.0. The van der Waals surface area contributed by atoms with Gasteiger partial charge in [-0.2, -0.15) is 0 Å². The van der Waals surface area contributed by atoms with Crippen molar-refractivity contribution >= 4 is 22.4 Å². The van der Waals surface area contributed by atoms with Crippen molar-refractivity contribution in [2.75, 3.05) is 5.32 Å². The fourth-order valence-corrected chi connectivity index (χ4v) is 4.16. The van der Waals surface area contributed by atoms with Gasteiger partial charge < -0.3 is 9.84 Å². The van der Waals surface area contributed by atoms with Gasteiger partial charge in [0.25, 0.3) is 0 Å². The van der Waals surface area contributed by atoms with E-state index in [1.807, 2.05) is 43.3 Å². The smallest absolute Gasteiger partial charge is 0.230 e. The molecule has 0 unspecified atom stereocenters. The lowest BCUT2D eigenvalue weighted by Gasteiger charge is -2.14. The molecular weight excluding hydrogens is 384 g/mol. The summed E-state index contributed by atoms with van der Waals surface area (Å²) >= 11 is 1.39. The van der Waals surface area contributed by atoms with Crippen LogP contribution >= 0.6 is 11.3 Å². The van der Waals surface area contributed by atoms with Crippen LogP contribution in [-0.2, 0) is 11.2 Å². The van der Waals surface area contributed by atoms with E-state index >= 15 is 0 Å². The third-order valence-electron chi connectivity index (χ3n) is 4.72. The highest BCUT2D eigenvalue weighted by atomic mass is 32.1. The number of hydrogen-bond acceptors (Lipinski definition) is 6. The van der Waals surface area contributed by atoms with Gasteiger partial charge in [0.1, 0.15) is 10.8 Å². The van der Waals surface area contributed by atoms with E-state index in [2.05, 4.69) is 44.9 Å². The predicted octanol–water partition coefficient (Wildman–Crippen LogP) is 4.50. The lowest BCUT2D eigenvalue weighted by Crippen LogP contribution is -2.15. The molecule has 4 rings (SSSR count). The lowest BCUT2D eigenvalue weighted by molar-refractivity contribution is -0.115. The van der Waals surface area contributed by atoms with E-state index in [4.69, 9.17) is 4.52 Å². The van der Waals surface area contributed by atoms with Crippen LogP contribution in [0.3, 0.4) is 0 Å². The summed E-state index contributed by atoms with van der Waals surface area (Å²) in [6, 6.07) is 20.3. The molecular formula is C22H20N4O2S. The lowest BCUT2D eigenvalue weighted by atomic mass is 9.92. The van der Waals surface area contributed by atoms with Gasteiger partial charge in [-0.15, -0.1) is 10.2 Å². The first kappa shape index (κ1) is 19.0. The third-order valence-corrected chi connectivity index (χ3v) is 5.62. The molecule has 0 aliphatic heterocycles. The van der Waals surface area contributed by atoms with E-state index in [1.54, 1.807) is 6.92 Å². The zero-order chi connectivity index (χ0) is 20.2. The number of benzene rings is 2. The Labute approximate surface area is 172 Å². The van der Waals surface area contributed by atoms with Crippen LogP contribution in [0.5, 0.6) is 0 Å². The monoisotopic (exact) mass is 404 g/mol. The summed E-state index contributed by atoms with van der Waals surface area (Å²) in [5, 5.41) is 16.6. The van der Waals surface area contributed by atoms with Gasteiger partial charge in [0, 0.05) is 5.56 Å². The van der Waals surface area contributed by atoms with Crippen molar-refractivity contribution in [2.45, 2.75) is 26.2 Å².